The topological polar surface area (TPSA) is 61.9 Å². The molecule has 0 atom stereocenters. The second-order valence-electron chi connectivity index (χ2n) is 3.26. The van der Waals surface area contributed by atoms with Crippen molar-refractivity contribution in [3.05, 3.63) is 6.33 Å². The maximum Gasteiger partial charge on any atom is 0.244 e. The molecule has 1 aliphatic rings. The van der Waals surface area contributed by atoms with Gasteiger partial charge in [-0.2, -0.15) is 0 Å². The Balaban J connectivity index is 1.95. The minimum absolute atomic E-state index is 0.232. The molecule has 1 saturated heterocycles. The van der Waals surface area contributed by atoms with Gasteiger partial charge in [-0.3, -0.25) is 5.10 Å². The smallest absolute Gasteiger partial charge is 0.244 e. The Bertz CT molecular complexity index is 264. The van der Waals surface area contributed by atoms with Gasteiger partial charge in [0.15, 0.2) is 0 Å². The number of aromatic amines is 1. The van der Waals surface area contributed by atoms with E-state index in [0.29, 0.717) is 0 Å². The van der Waals surface area contributed by atoms with Crippen molar-refractivity contribution in [2.75, 3.05) is 18.0 Å². The number of aldehydes is 1. The highest BCUT2D eigenvalue weighted by molar-refractivity contribution is 5.54. The molecule has 5 nitrogen and oxygen atoms in total. The van der Waals surface area contributed by atoms with Crippen molar-refractivity contribution < 1.29 is 4.79 Å². The van der Waals surface area contributed by atoms with Crippen LogP contribution >= 0.6 is 0 Å². The van der Waals surface area contributed by atoms with Crippen LogP contribution in [0.2, 0.25) is 0 Å². The van der Waals surface area contributed by atoms with Crippen LogP contribution in [0.25, 0.3) is 0 Å². The summed E-state index contributed by atoms with van der Waals surface area (Å²) in [7, 11) is 0. The molecule has 0 saturated carbocycles. The first kappa shape index (κ1) is 8.22. The maximum absolute atomic E-state index is 10.5. The third-order valence-corrected chi connectivity index (χ3v) is 2.42. The van der Waals surface area contributed by atoms with Crippen LogP contribution in [-0.4, -0.2) is 34.6 Å². The standard InChI is InChI=1S/C8H12N4O/c13-5-7-1-3-12(4-2-7)8-9-6-10-11-8/h5-7H,1-4H2,(H,9,10,11). The second kappa shape index (κ2) is 3.55. The molecule has 0 radical (unpaired) electrons. The number of nitrogens with one attached hydrogen (secondary N) is 1. The summed E-state index contributed by atoms with van der Waals surface area (Å²) in [4.78, 5) is 16.7. The van der Waals surface area contributed by atoms with Crippen molar-refractivity contribution in [2.24, 2.45) is 5.92 Å². The Morgan fingerprint density at radius 2 is 2.31 bits per heavy atom. The van der Waals surface area contributed by atoms with Crippen LogP contribution in [0.5, 0.6) is 0 Å². The number of hydrogen-bond acceptors (Lipinski definition) is 4. The van der Waals surface area contributed by atoms with Gasteiger partial charge in [-0.15, -0.1) is 5.10 Å². The molecule has 2 heterocycles. The van der Waals surface area contributed by atoms with Crippen molar-refractivity contribution in [2.45, 2.75) is 12.8 Å². The molecule has 0 aliphatic carbocycles. The lowest BCUT2D eigenvalue weighted by atomic mass is 9.99. The molecule has 1 aromatic heterocycles. The van der Waals surface area contributed by atoms with E-state index in [4.69, 9.17) is 0 Å². The number of hydrogen-bond donors (Lipinski definition) is 1. The predicted molar refractivity (Wildman–Crippen MR) is 47.4 cm³/mol. The lowest BCUT2D eigenvalue weighted by Crippen LogP contribution is -2.34. The van der Waals surface area contributed by atoms with Gasteiger partial charge in [0.05, 0.1) is 0 Å². The number of piperidine rings is 1. The molecule has 70 valence electrons. The number of anilines is 1. The normalized spacial score (nSPS) is 18.9. The van der Waals surface area contributed by atoms with Crippen LogP contribution in [0.3, 0.4) is 0 Å². The summed E-state index contributed by atoms with van der Waals surface area (Å²) in [5, 5.41) is 6.67. The molecule has 0 aromatic carbocycles. The van der Waals surface area contributed by atoms with E-state index in [1.54, 1.807) is 6.33 Å². The van der Waals surface area contributed by atoms with E-state index in [1.165, 1.54) is 0 Å². The van der Waals surface area contributed by atoms with E-state index < -0.39 is 0 Å². The van der Waals surface area contributed by atoms with Gasteiger partial charge in [0.2, 0.25) is 5.95 Å². The van der Waals surface area contributed by atoms with Crippen LogP contribution in [0, 0.1) is 5.92 Å². The van der Waals surface area contributed by atoms with Gasteiger partial charge in [-0.05, 0) is 12.8 Å². The Morgan fingerprint density at radius 3 is 2.85 bits per heavy atom. The van der Waals surface area contributed by atoms with Crippen molar-refractivity contribution in [1.82, 2.24) is 15.2 Å². The summed E-state index contributed by atoms with van der Waals surface area (Å²) >= 11 is 0. The zero-order valence-electron chi connectivity index (χ0n) is 7.31. The fourth-order valence-electron chi connectivity index (χ4n) is 1.59. The number of carbonyl (C=O) groups is 1. The Hall–Kier alpha value is -1.39. The largest absolute Gasteiger partial charge is 0.340 e. The lowest BCUT2D eigenvalue weighted by molar-refractivity contribution is -0.111. The average Bonchev–Trinajstić information content (AvgIpc) is 2.71. The highest BCUT2D eigenvalue weighted by Gasteiger charge is 2.20. The summed E-state index contributed by atoms with van der Waals surface area (Å²) in [6, 6.07) is 0. The Kier molecular flexibility index (Phi) is 2.25. The first-order valence-electron chi connectivity index (χ1n) is 4.46. The van der Waals surface area contributed by atoms with Crippen molar-refractivity contribution in [3.63, 3.8) is 0 Å². The van der Waals surface area contributed by atoms with E-state index in [2.05, 4.69) is 20.1 Å². The van der Waals surface area contributed by atoms with Crippen LogP contribution in [0.4, 0.5) is 5.95 Å². The second-order valence-corrected chi connectivity index (χ2v) is 3.26. The van der Waals surface area contributed by atoms with E-state index in [0.717, 1.165) is 38.2 Å². The van der Waals surface area contributed by atoms with Gasteiger partial charge in [0.1, 0.15) is 12.6 Å². The van der Waals surface area contributed by atoms with Gasteiger partial charge < -0.3 is 9.69 Å². The fraction of sp³-hybridized carbons (Fsp3) is 0.625. The van der Waals surface area contributed by atoms with Gasteiger partial charge in [-0.25, -0.2) is 4.98 Å². The third kappa shape index (κ3) is 1.68. The zero-order valence-corrected chi connectivity index (χ0v) is 7.31. The third-order valence-electron chi connectivity index (χ3n) is 2.42. The first-order chi connectivity index (χ1) is 6.40. The highest BCUT2D eigenvalue weighted by Crippen LogP contribution is 2.17. The van der Waals surface area contributed by atoms with Crippen molar-refractivity contribution in [3.8, 4) is 0 Å². The number of aromatic nitrogens is 3. The summed E-state index contributed by atoms with van der Waals surface area (Å²) < 4.78 is 0. The molecule has 1 N–H and O–H groups in total. The highest BCUT2D eigenvalue weighted by atomic mass is 16.1. The molecule has 1 aromatic rings. The molecule has 13 heavy (non-hydrogen) atoms. The van der Waals surface area contributed by atoms with Gasteiger partial charge in [0.25, 0.3) is 0 Å². The van der Waals surface area contributed by atoms with Crippen molar-refractivity contribution in [1.29, 1.82) is 0 Å². The van der Waals surface area contributed by atoms with E-state index in [-0.39, 0.29) is 5.92 Å². The van der Waals surface area contributed by atoms with E-state index in [9.17, 15) is 4.79 Å². The number of carbonyl (C=O) groups excluding carboxylic acids is 1. The molecule has 0 spiro atoms. The quantitative estimate of drug-likeness (QED) is 0.661. The van der Waals surface area contributed by atoms with Gasteiger partial charge >= 0.3 is 0 Å². The fourth-order valence-corrected chi connectivity index (χ4v) is 1.59. The first-order valence-corrected chi connectivity index (χ1v) is 4.46. The number of H-pyrrole nitrogens is 1. The van der Waals surface area contributed by atoms with Crippen molar-refractivity contribution >= 4 is 12.2 Å². The summed E-state index contributed by atoms with van der Waals surface area (Å²) in [6.07, 6.45) is 4.45. The predicted octanol–water partition coefficient (Wildman–Crippen LogP) is 0.220. The van der Waals surface area contributed by atoms with Crippen LogP contribution in [0.15, 0.2) is 6.33 Å². The molecule has 0 bridgehead atoms. The van der Waals surface area contributed by atoms with Gasteiger partial charge in [-0.1, -0.05) is 0 Å². The van der Waals surface area contributed by atoms with Gasteiger partial charge in [0, 0.05) is 19.0 Å². The molecule has 5 heteroatoms. The molecule has 0 unspecified atom stereocenters. The molecular formula is C8H12N4O. The Morgan fingerprint density at radius 1 is 1.54 bits per heavy atom. The van der Waals surface area contributed by atoms with E-state index >= 15 is 0 Å². The minimum atomic E-state index is 0.232. The molecule has 1 fully saturated rings. The monoisotopic (exact) mass is 180 g/mol. The molecule has 0 amide bonds. The minimum Gasteiger partial charge on any atom is -0.340 e. The molecule has 2 rings (SSSR count). The van der Waals surface area contributed by atoms with Crippen LogP contribution in [0.1, 0.15) is 12.8 Å². The summed E-state index contributed by atoms with van der Waals surface area (Å²) in [5.41, 5.74) is 0. The molecule has 1 aliphatic heterocycles. The van der Waals surface area contributed by atoms with E-state index in [1.807, 2.05) is 0 Å². The lowest BCUT2D eigenvalue weighted by Gasteiger charge is -2.28. The number of rotatable bonds is 2. The average molecular weight is 180 g/mol. The van der Waals surface area contributed by atoms with Crippen LogP contribution < -0.4 is 4.90 Å². The van der Waals surface area contributed by atoms with Crippen LogP contribution in [-0.2, 0) is 4.79 Å². The SMILES string of the molecule is O=CC1CCN(c2nc[nH]n2)CC1. The molecular weight excluding hydrogens is 168 g/mol. The Labute approximate surface area is 76.2 Å². The number of nitrogens with zero attached hydrogens (tertiary/aromatic N) is 3. The summed E-state index contributed by atoms with van der Waals surface area (Å²) in [6.45, 7) is 1.75. The maximum atomic E-state index is 10.5. The zero-order chi connectivity index (χ0) is 9.10. The summed E-state index contributed by atoms with van der Waals surface area (Å²) in [5.74, 6) is 0.972.